The molecule has 2 aromatic rings. The maximum absolute atomic E-state index is 12.0. The molecule has 0 unspecified atom stereocenters. The molecule has 0 saturated carbocycles. The molecule has 0 saturated heterocycles. The number of nitrogens with zero attached hydrogens (tertiary/aromatic N) is 1. The molecule has 2 heterocycles. The number of carbonyl (C=O) groups is 1. The highest BCUT2D eigenvalue weighted by atomic mass is 32.1. The van der Waals surface area contributed by atoms with E-state index in [0.29, 0.717) is 18.0 Å². The fraction of sp³-hybridized carbons (Fsp3) is 0.286. The molecule has 1 amide bonds. The molecule has 0 aliphatic rings. The van der Waals surface area contributed by atoms with Gasteiger partial charge in [-0.2, -0.15) is 0 Å². The lowest BCUT2D eigenvalue weighted by Crippen LogP contribution is -2.22. The number of hydrogen-bond donors (Lipinski definition) is 2. The van der Waals surface area contributed by atoms with Crippen molar-refractivity contribution in [1.29, 1.82) is 0 Å². The van der Waals surface area contributed by atoms with Crippen LogP contribution in [0.1, 0.15) is 32.6 Å². The van der Waals surface area contributed by atoms with Gasteiger partial charge in [0.25, 0.3) is 5.91 Å². The second-order valence-corrected chi connectivity index (χ2v) is 5.05. The third-order valence-electron chi connectivity index (χ3n) is 2.65. The Morgan fingerprint density at radius 2 is 2.35 bits per heavy atom. The summed E-state index contributed by atoms with van der Waals surface area (Å²) in [6, 6.07) is 1.74. The third-order valence-corrected chi connectivity index (χ3v) is 3.49. The molecule has 0 aliphatic heterocycles. The summed E-state index contributed by atoms with van der Waals surface area (Å²) in [6.45, 7) is 4.29. The van der Waals surface area contributed by atoms with Crippen LogP contribution in [0.3, 0.4) is 0 Å². The van der Waals surface area contributed by atoms with E-state index in [-0.39, 0.29) is 12.5 Å². The molecule has 5 nitrogen and oxygen atoms in total. The number of aryl methyl sites for hydroxylation is 2. The van der Waals surface area contributed by atoms with Crippen molar-refractivity contribution in [2.75, 3.05) is 6.54 Å². The highest BCUT2D eigenvalue weighted by molar-refractivity contribution is 7.10. The van der Waals surface area contributed by atoms with E-state index in [2.05, 4.69) is 22.1 Å². The minimum Gasteiger partial charge on any atom is -0.444 e. The van der Waals surface area contributed by atoms with E-state index in [1.807, 2.05) is 13.8 Å². The van der Waals surface area contributed by atoms with Gasteiger partial charge >= 0.3 is 0 Å². The third kappa shape index (κ3) is 3.47. The van der Waals surface area contributed by atoms with Crippen LogP contribution in [0.4, 0.5) is 0 Å². The first-order valence-electron chi connectivity index (χ1n) is 6.08. The van der Waals surface area contributed by atoms with Gasteiger partial charge in [-0.05, 0) is 19.9 Å². The van der Waals surface area contributed by atoms with Crippen LogP contribution in [0, 0.1) is 25.7 Å². The molecule has 2 aromatic heterocycles. The summed E-state index contributed by atoms with van der Waals surface area (Å²) >= 11 is 1.42. The fourth-order valence-corrected chi connectivity index (χ4v) is 2.29. The molecule has 6 heteroatoms. The van der Waals surface area contributed by atoms with Crippen LogP contribution < -0.4 is 11.1 Å². The van der Waals surface area contributed by atoms with Gasteiger partial charge in [-0.3, -0.25) is 4.79 Å². The zero-order valence-corrected chi connectivity index (χ0v) is 12.1. The normalized spacial score (nSPS) is 9.95. The molecule has 0 fully saturated rings. The number of thiophene rings is 1. The van der Waals surface area contributed by atoms with Crippen molar-refractivity contribution in [2.24, 2.45) is 5.73 Å². The van der Waals surface area contributed by atoms with Gasteiger partial charge in [0, 0.05) is 5.38 Å². The molecule has 0 atom stereocenters. The van der Waals surface area contributed by atoms with Crippen LogP contribution in [0.15, 0.2) is 15.9 Å². The van der Waals surface area contributed by atoms with E-state index < -0.39 is 0 Å². The Hall–Kier alpha value is -2.10. The van der Waals surface area contributed by atoms with Gasteiger partial charge in [0.15, 0.2) is 0 Å². The predicted octanol–water partition coefficient (Wildman–Crippen LogP) is 1.59. The molecule has 2 rings (SSSR count). The van der Waals surface area contributed by atoms with Crippen LogP contribution in [0.25, 0.3) is 0 Å². The van der Waals surface area contributed by atoms with Gasteiger partial charge in [0.2, 0.25) is 5.89 Å². The molecule has 0 aliphatic carbocycles. The van der Waals surface area contributed by atoms with Crippen LogP contribution in [0.5, 0.6) is 0 Å². The van der Waals surface area contributed by atoms with E-state index in [0.717, 1.165) is 16.3 Å². The lowest BCUT2D eigenvalue weighted by atomic mass is 10.3. The van der Waals surface area contributed by atoms with Crippen molar-refractivity contribution in [1.82, 2.24) is 10.3 Å². The van der Waals surface area contributed by atoms with Crippen molar-refractivity contribution in [3.8, 4) is 11.8 Å². The van der Waals surface area contributed by atoms with Gasteiger partial charge in [-0.1, -0.05) is 11.8 Å². The van der Waals surface area contributed by atoms with E-state index in [4.69, 9.17) is 10.2 Å². The van der Waals surface area contributed by atoms with Crippen LogP contribution in [0.2, 0.25) is 0 Å². The quantitative estimate of drug-likeness (QED) is 0.841. The van der Waals surface area contributed by atoms with Gasteiger partial charge in [0.1, 0.15) is 5.76 Å². The van der Waals surface area contributed by atoms with Gasteiger partial charge in [-0.25, -0.2) is 4.98 Å². The number of carbonyl (C=O) groups excluding carboxylic acids is 1. The number of rotatable bonds is 3. The summed E-state index contributed by atoms with van der Waals surface area (Å²) in [4.78, 5) is 17.0. The highest BCUT2D eigenvalue weighted by Crippen LogP contribution is 2.14. The second-order valence-electron chi connectivity index (χ2n) is 4.14. The van der Waals surface area contributed by atoms with E-state index in [9.17, 15) is 4.79 Å². The van der Waals surface area contributed by atoms with Crippen molar-refractivity contribution in [3.63, 3.8) is 0 Å². The Balaban J connectivity index is 1.96. The smallest absolute Gasteiger partial charge is 0.252 e. The maximum atomic E-state index is 12.0. The van der Waals surface area contributed by atoms with Gasteiger partial charge in [0.05, 0.1) is 29.2 Å². The Morgan fingerprint density at radius 1 is 1.55 bits per heavy atom. The Bertz CT molecular complexity index is 657. The highest BCUT2D eigenvalue weighted by Gasteiger charge is 2.10. The average molecular weight is 289 g/mol. The Labute approximate surface area is 121 Å². The number of hydrogen-bond acceptors (Lipinski definition) is 5. The molecular weight excluding hydrogens is 274 g/mol. The van der Waals surface area contributed by atoms with Crippen LogP contribution in [-0.4, -0.2) is 17.4 Å². The summed E-state index contributed by atoms with van der Waals surface area (Å²) in [7, 11) is 0. The second kappa shape index (κ2) is 6.37. The van der Waals surface area contributed by atoms with Crippen LogP contribution >= 0.6 is 11.3 Å². The Morgan fingerprint density at radius 3 is 3.00 bits per heavy atom. The molecule has 0 spiro atoms. The zero-order chi connectivity index (χ0) is 14.5. The average Bonchev–Trinajstić information content (AvgIpc) is 3.01. The van der Waals surface area contributed by atoms with Gasteiger partial charge in [-0.15, -0.1) is 11.3 Å². The fourth-order valence-electron chi connectivity index (χ4n) is 1.53. The maximum Gasteiger partial charge on any atom is 0.252 e. The summed E-state index contributed by atoms with van der Waals surface area (Å²) in [5.41, 5.74) is 6.72. The Kier molecular flexibility index (Phi) is 4.56. The molecule has 3 N–H and O–H groups in total. The van der Waals surface area contributed by atoms with Crippen molar-refractivity contribution in [2.45, 2.75) is 20.4 Å². The van der Waals surface area contributed by atoms with Gasteiger partial charge < -0.3 is 15.5 Å². The molecule has 0 radical (unpaired) electrons. The van der Waals surface area contributed by atoms with Crippen molar-refractivity contribution in [3.05, 3.63) is 39.2 Å². The summed E-state index contributed by atoms with van der Waals surface area (Å²) in [5, 5.41) is 4.53. The number of oxazole rings is 1. The predicted molar refractivity (Wildman–Crippen MR) is 77.4 cm³/mol. The molecule has 20 heavy (non-hydrogen) atoms. The number of nitrogens with two attached hydrogens (primary N) is 1. The standard InChI is InChI=1S/C14H15N3O2S/c1-9-10(2)19-13(17-9)7-16-14(18)11-6-12(20-8-11)4-3-5-15/h6,8H,5,7,15H2,1-2H3,(H,16,18). The zero-order valence-electron chi connectivity index (χ0n) is 11.3. The van der Waals surface area contributed by atoms with E-state index >= 15 is 0 Å². The first-order chi connectivity index (χ1) is 9.60. The first kappa shape index (κ1) is 14.3. The number of aromatic nitrogens is 1. The van der Waals surface area contributed by atoms with E-state index in [1.165, 1.54) is 11.3 Å². The summed E-state index contributed by atoms with van der Waals surface area (Å²) in [6.07, 6.45) is 0. The monoisotopic (exact) mass is 289 g/mol. The minimum absolute atomic E-state index is 0.171. The number of nitrogens with one attached hydrogen (secondary N) is 1. The minimum atomic E-state index is -0.171. The van der Waals surface area contributed by atoms with Crippen molar-refractivity contribution >= 4 is 17.2 Å². The van der Waals surface area contributed by atoms with E-state index in [1.54, 1.807) is 11.4 Å². The summed E-state index contributed by atoms with van der Waals surface area (Å²) < 4.78 is 5.40. The van der Waals surface area contributed by atoms with Crippen molar-refractivity contribution < 1.29 is 9.21 Å². The SMILES string of the molecule is Cc1nc(CNC(=O)c2csc(C#CCN)c2)oc1C. The molecule has 0 aromatic carbocycles. The topological polar surface area (TPSA) is 81.2 Å². The summed E-state index contributed by atoms with van der Waals surface area (Å²) in [5.74, 6) is 6.76. The first-order valence-corrected chi connectivity index (χ1v) is 6.96. The molecule has 0 bridgehead atoms. The largest absolute Gasteiger partial charge is 0.444 e. The number of amides is 1. The lowest BCUT2D eigenvalue weighted by molar-refractivity contribution is 0.0947. The van der Waals surface area contributed by atoms with Crippen LogP contribution in [-0.2, 0) is 6.54 Å². The molecule has 104 valence electrons. The lowest BCUT2D eigenvalue weighted by Gasteiger charge is -1.99. The molecular formula is C14H15N3O2S.